The van der Waals surface area contributed by atoms with Crippen LogP contribution in [0.4, 0.5) is 18.9 Å². The molecule has 0 saturated carbocycles. The van der Waals surface area contributed by atoms with Crippen molar-refractivity contribution in [1.29, 1.82) is 0 Å². The first-order chi connectivity index (χ1) is 23.1. The van der Waals surface area contributed by atoms with Crippen LogP contribution in [-0.4, -0.2) is 48.7 Å². The summed E-state index contributed by atoms with van der Waals surface area (Å²) in [5, 5.41) is 4.54. The second kappa shape index (κ2) is 15.1. The van der Waals surface area contributed by atoms with Gasteiger partial charge in [-0.05, 0) is 53.4 Å². The summed E-state index contributed by atoms with van der Waals surface area (Å²) in [6.45, 7) is 1.90. The number of aromatic nitrogens is 1. The van der Waals surface area contributed by atoms with Crippen LogP contribution in [0.15, 0.2) is 107 Å². The molecule has 3 amide bonds. The molecule has 11 nitrogen and oxygen atoms in total. The number of hydrogen-bond donors (Lipinski definition) is 3. The van der Waals surface area contributed by atoms with Crippen molar-refractivity contribution in [3.05, 3.63) is 119 Å². The maximum atomic E-state index is 13.6. The number of rotatable bonds is 12. The Morgan fingerprint density at radius 2 is 1.45 bits per heavy atom. The van der Waals surface area contributed by atoms with Crippen LogP contribution in [0.2, 0.25) is 0 Å². The fourth-order valence-corrected chi connectivity index (χ4v) is 5.80. The highest BCUT2D eigenvalue weighted by Gasteiger charge is 2.45. The van der Waals surface area contributed by atoms with Gasteiger partial charge < -0.3 is 10.6 Å². The summed E-state index contributed by atoms with van der Waals surface area (Å²) in [6.07, 6.45) is -5.54. The topological polar surface area (TPSA) is 161 Å². The van der Waals surface area contributed by atoms with Crippen molar-refractivity contribution in [2.75, 3.05) is 5.32 Å². The lowest BCUT2D eigenvalue weighted by atomic mass is 9.99. The number of sulfonamides is 1. The van der Waals surface area contributed by atoms with Crippen molar-refractivity contribution >= 4 is 39.2 Å². The van der Waals surface area contributed by atoms with E-state index >= 15 is 0 Å². The highest BCUT2D eigenvalue weighted by atomic mass is 32.2. The Bertz CT molecular complexity index is 2030. The van der Waals surface area contributed by atoms with Crippen molar-refractivity contribution in [2.45, 2.75) is 43.9 Å². The molecule has 1 heterocycles. The Morgan fingerprint density at radius 1 is 0.816 bits per heavy atom. The first-order valence-corrected chi connectivity index (χ1v) is 16.3. The monoisotopic (exact) mass is 696 g/mol. The zero-order chi connectivity index (χ0) is 35.9. The van der Waals surface area contributed by atoms with Crippen LogP contribution < -0.4 is 20.9 Å². The van der Waals surface area contributed by atoms with E-state index in [4.69, 9.17) is 0 Å². The third-order valence-electron chi connectivity index (χ3n) is 7.20. The van der Waals surface area contributed by atoms with Gasteiger partial charge in [-0.3, -0.25) is 28.5 Å². The number of carbonyl (C=O) groups excluding carboxylic acids is 4. The van der Waals surface area contributed by atoms with Gasteiger partial charge in [-0.25, -0.2) is 13.1 Å². The lowest BCUT2D eigenvalue weighted by Crippen LogP contribution is -2.50. The number of nitrogens with zero attached hydrogens (tertiary/aromatic N) is 1. The summed E-state index contributed by atoms with van der Waals surface area (Å²) in [7, 11) is -4.16. The van der Waals surface area contributed by atoms with E-state index in [9.17, 15) is 45.6 Å². The largest absolute Gasteiger partial charge is 0.452 e. The third-order valence-corrected chi connectivity index (χ3v) is 8.55. The SMILES string of the molecule is CC(C)C(NC(=O)Cn1c(-c2ccccc2)ccc(NC(=O)Cc2cccc(C(=O)NS(=O)(=O)c3ccccc3)c2)c1=O)C(=O)C(F)(F)F. The van der Waals surface area contributed by atoms with Crippen LogP contribution in [-0.2, 0) is 37.4 Å². The van der Waals surface area contributed by atoms with Crippen LogP contribution in [0, 0.1) is 5.92 Å². The Morgan fingerprint density at radius 3 is 2.06 bits per heavy atom. The Kier molecular flexibility index (Phi) is 11.2. The molecule has 0 aliphatic rings. The number of nitrogens with one attached hydrogen (secondary N) is 3. The van der Waals surface area contributed by atoms with Crippen molar-refractivity contribution < 1.29 is 40.8 Å². The molecule has 1 atom stereocenters. The standard InChI is InChI=1S/C34H31F3N4O7S/c1-21(2)30(31(44)34(35,36)37)39-29(43)20-41-27(23-11-5-3-6-12-23)17-16-26(33(41)46)38-28(42)19-22-10-9-13-24(18-22)32(45)40-49(47,48)25-14-7-4-8-15-25/h3-18,21,30H,19-20H2,1-2H3,(H,38,42)(H,39,43)(H,40,45). The van der Waals surface area contributed by atoms with E-state index in [0.29, 0.717) is 11.1 Å². The molecule has 0 radical (unpaired) electrons. The maximum absolute atomic E-state index is 13.6. The molecular weight excluding hydrogens is 665 g/mol. The molecule has 1 unspecified atom stereocenters. The molecule has 0 aliphatic heterocycles. The molecule has 256 valence electrons. The van der Waals surface area contributed by atoms with Gasteiger partial charge in [0.2, 0.25) is 11.8 Å². The molecule has 0 fully saturated rings. The minimum Gasteiger partial charge on any atom is -0.344 e. The molecular formula is C34H31F3N4O7S. The molecule has 15 heteroatoms. The molecule has 0 spiro atoms. The number of alkyl halides is 3. The summed E-state index contributed by atoms with van der Waals surface area (Å²) in [4.78, 5) is 64.2. The lowest BCUT2D eigenvalue weighted by molar-refractivity contribution is -0.174. The van der Waals surface area contributed by atoms with Crippen molar-refractivity contribution in [3.8, 4) is 11.3 Å². The summed E-state index contributed by atoms with van der Waals surface area (Å²) < 4.78 is 67.6. The second-order valence-electron chi connectivity index (χ2n) is 11.2. The maximum Gasteiger partial charge on any atom is 0.452 e. The number of benzene rings is 3. The Hall–Kier alpha value is -5.57. The lowest BCUT2D eigenvalue weighted by Gasteiger charge is -2.23. The summed E-state index contributed by atoms with van der Waals surface area (Å²) in [5.74, 6) is -5.71. The van der Waals surface area contributed by atoms with Gasteiger partial charge in [0.15, 0.2) is 0 Å². The van der Waals surface area contributed by atoms with E-state index in [2.05, 4.69) is 10.6 Å². The molecule has 4 aromatic rings. The van der Waals surface area contributed by atoms with E-state index in [1.54, 1.807) is 36.4 Å². The van der Waals surface area contributed by atoms with E-state index in [1.165, 1.54) is 74.5 Å². The van der Waals surface area contributed by atoms with E-state index in [-0.39, 0.29) is 28.3 Å². The van der Waals surface area contributed by atoms with Gasteiger partial charge in [-0.1, -0.05) is 74.5 Å². The minimum atomic E-state index is -5.19. The normalized spacial score (nSPS) is 12.2. The first kappa shape index (κ1) is 36.3. The van der Waals surface area contributed by atoms with Gasteiger partial charge in [0.25, 0.3) is 27.3 Å². The summed E-state index contributed by atoms with van der Waals surface area (Å²) in [5.41, 5.74) is -0.155. The Balaban J connectivity index is 1.55. The zero-order valence-electron chi connectivity index (χ0n) is 26.2. The smallest absolute Gasteiger partial charge is 0.344 e. The van der Waals surface area contributed by atoms with Crippen molar-refractivity contribution in [2.24, 2.45) is 5.92 Å². The number of hydrogen-bond acceptors (Lipinski definition) is 7. The summed E-state index contributed by atoms with van der Waals surface area (Å²) in [6, 6.07) is 22.1. The van der Waals surface area contributed by atoms with Gasteiger partial charge in [-0.2, -0.15) is 13.2 Å². The number of anilines is 1. The highest BCUT2D eigenvalue weighted by molar-refractivity contribution is 7.90. The molecule has 3 N–H and O–H groups in total. The molecule has 49 heavy (non-hydrogen) atoms. The number of carbonyl (C=O) groups is 4. The molecule has 0 saturated heterocycles. The average molecular weight is 697 g/mol. The average Bonchev–Trinajstić information content (AvgIpc) is 3.05. The quantitative estimate of drug-likeness (QED) is 0.201. The number of halogens is 3. The second-order valence-corrected chi connectivity index (χ2v) is 12.9. The Labute approximate surface area is 279 Å². The fourth-order valence-electron chi connectivity index (χ4n) is 4.81. The predicted molar refractivity (Wildman–Crippen MR) is 174 cm³/mol. The highest BCUT2D eigenvalue weighted by Crippen LogP contribution is 2.22. The first-order valence-electron chi connectivity index (χ1n) is 14.8. The summed E-state index contributed by atoms with van der Waals surface area (Å²) >= 11 is 0. The number of amides is 3. The number of pyridine rings is 1. The molecule has 0 bridgehead atoms. The van der Waals surface area contributed by atoms with Crippen LogP contribution in [0.5, 0.6) is 0 Å². The minimum absolute atomic E-state index is 0.0471. The van der Waals surface area contributed by atoms with Gasteiger partial charge >= 0.3 is 6.18 Å². The molecule has 4 rings (SSSR count). The van der Waals surface area contributed by atoms with Gasteiger partial charge in [0.1, 0.15) is 12.2 Å². The molecule has 0 aliphatic carbocycles. The van der Waals surface area contributed by atoms with Crippen LogP contribution in [0.1, 0.15) is 29.8 Å². The van der Waals surface area contributed by atoms with Crippen LogP contribution >= 0.6 is 0 Å². The predicted octanol–water partition coefficient (Wildman–Crippen LogP) is 4.09. The molecule has 1 aromatic heterocycles. The third kappa shape index (κ3) is 9.28. The molecule has 3 aromatic carbocycles. The zero-order valence-corrected chi connectivity index (χ0v) is 27.0. The van der Waals surface area contributed by atoms with E-state index in [0.717, 1.165) is 4.57 Å². The van der Waals surface area contributed by atoms with Crippen molar-refractivity contribution in [3.63, 3.8) is 0 Å². The van der Waals surface area contributed by atoms with Crippen molar-refractivity contribution in [1.82, 2.24) is 14.6 Å². The number of ketones is 1. The van der Waals surface area contributed by atoms with E-state index < -0.39 is 63.8 Å². The number of Topliss-reactive ketones (excluding diaryl/α,β-unsaturated/α-hetero) is 1. The van der Waals surface area contributed by atoms with Gasteiger partial charge in [0, 0.05) is 5.56 Å². The van der Waals surface area contributed by atoms with E-state index in [1.807, 2.05) is 4.72 Å². The fraction of sp³-hybridized carbons (Fsp3) is 0.206. The van der Waals surface area contributed by atoms with Gasteiger partial charge in [-0.15, -0.1) is 0 Å². The van der Waals surface area contributed by atoms with Gasteiger partial charge in [0.05, 0.1) is 23.1 Å². The van der Waals surface area contributed by atoms with Crippen LogP contribution in [0.25, 0.3) is 11.3 Å². The van der Waals surface area contributed by atoms with Crippen LogP contribution in [0.3, 0.4) is 0 Å².